The van der Waals surface area contributed by atoms with Gasteiger partial charge in [-0.05, 0) is 43.3 Å². The average Bonchev–Trinajstić information content (AvgIpc) is 2.68. The number of Topliss-reactive ketones (excluding diaryl/α,β-unsaturated/α-hetero) is 1. The second kappa shape index (κ2) is 7.61. The van der Waals surface area contributed by atoms with Crippen molar-refractivity contribution in [2.24, 2.45) is 0 Å². The van der Waals surface area contributed by atoms with E-state index >= 15 is 0 Å². The topological polar surface area (TPSA) is 68.3 Å². The number of methoxy groups -OCH3 is 1. The lowest BCUT2D eigenvalue weighted by atomic mass is 10.1. The van der Waals surface area contributed by atoms with Gasteiger partial charge in [0.05, 0.1) is 7.11 Å². The van der Waals surface area contributed by atoms with Crippen molar-refractivity contribution in [3.63, 3.8) is 0 Å². The molecule has 0 atom stereocenters. The molecule has 1 amide bonds. The van der Waals surface area contributed by atoms with Crippen molar-refractivity contribution in [1.82, 2.24) is 4.98 Å². The highest BCUT2D eigenvalue weighted by Gasteiger charge is 2.11. The van der Waals surface area contributed by atoms with Gasteiger partial charge in [-0.25, -0.2) is 0 Å². The Kier molecular flexibility index (Phi) is 5.08. The molecule has 0 aliphatic rings. The van der Waals surface area contributed by atoms with Gasteiger partial charge in [0.15, 0.2) is 5.78 Å². The molecular weight excluding hydrogens is 328 g/mol. The molecule has 3 aromatic rings. The number of rotatable bonds is 5. The number of anilines is 1. The number of ketones is 1. The molecule has 2 aromatic carbocycles. The Morgan fingerprint density at radius 3 is 2.50 bits per heavy atom. The largest absolute Gasteiger partial charge is 0.494 e. The maximum absolute atomic E-state index is 12.6. The lowest BCUT2D eigenvalue weighted by Gasteiger charge is -2.10. The average molecular weight is 346 g/mol. The first-order chi connectivity index (χ1) is 12.6. The van der Waals surface area contributed by atoms with Crippen LogP contribution >= 0.6 is 0 Å². The summed E-state index contributed by atoms with van der Waals surface area (Å²) in [4.78, 5) is 28.4. The summed E-state index contributed by atoms with van der Waals surface area (Å²) in [7, 11) is 1.58. The minimum absolute atomic E-state index is 0.0506. The summed E-state index contributed by atoms with van der Waals surface area (Å²) in [6.07, 6.45) is 1.68. The third kappa shape index (κ3) is 3.78. The number of carbonyl (C=O) groups is 2. The lowest BCUT2D eigenvalue weighted by molar-refractivity contribution is 0.101. The summed E-state index contributed by atoms with van der Waals surface area (Å²) < 4.78 is 5.34. The zero-order valence-electron chi connectivity index (χ0n) is 14.5. The zero-order valence-corrected chi connectivity index (χ0v) is 14.5. The van der Waals surface area contributed by atoms with E-state index in [0.717, 1.165) is 5.56 Å². The van der Waals surface area contributed by atoms with Crippen LogP contribution in [-0.4, -0.2) is 23.8 Å². The molecule has 0 saturated carbocycles. The van der Waals surface area contributed by atoms with Crippen LogP contribution in [0.15, 0.2) is 66.9 Å². The third-order valence-electron chi connectivity index (χ3n) is 3.92. The first-order valence-electron chi connectivity index (χ1n) is 8.10. The van der Waals surface area contributed by atoms with Crippen LogP contribution in [0.3, 0.4) is 0 Å². The predicted molar refractivity (Wildman–Crippen MR) is 101 cm³/mol. The van der Waals surface area contributed by atoms with Crippen LogP contribution in [0.25, 0.3) is 11.3 Å². The monoisotopic (exact) mass is 346 g/mol. The first-order valence-corrected chi connectivity index (χ1v) is 8.10. The van der Waals surface area contributed by atoms with Crippen LogP contribution in [-0.2, 0) is 0 Å². The van der Waals surface area contributed by atoms with Gasteiger partial charge in [-0.2, -0.15) is 0 Å². The maximum atomic E-state index is 12.6. The van der Waals surface area contributed by atoms with Crippen molar-refractivity contribution < 1.29 is 14.3 Å². The van der Waals surface area contributed by atoms with Crippen LogP contribution in [0, 0.1) is 0 Å². The molecule has 0 bridgehead atoms. The molecule has 0 aliphatic heterocycles. The Morgan fingerprint density at radius 1 is 0.962 bits per heavy atom. The molecule has 5 nitrogen and oxygen atoms in total. The Balaban J connectivity index is 1.87. The second-order valence-electron chi connectivity index (χ2n) is 5.73. The highest BCUT2D eigenvalue weighted by molar-refractivity contribution is 6.05. The number of benzene rings is 2. The van der Waals surface area contributed by atoms with Gasteiger partial charge in [0, 0.05) is 28.6 Å². The quantitative estimate of drug-likeness (QED) is 0.703. The fraction of sp³-hybridized carbons (Fsp3) is 0.0952. The minimum atomic E-state index is -0.262. The van der Waals surface area contributed by atoms with Gasteiger partial charge in [-0.3, -0.25) is 14.6 Å². The van der Waals surface area contributed by atoms with E-state index in [2.05, 4.69) is 10.3 Å². The molecule has 0 radical (unpaired) electrons. The molecular formula is C21H18N2O3. The van der Waals surface area contributed by atoms with E-state index in [1.807, 2.05) is 12.1 Å². The number of carbonyl (C=O) groups excluding carboxylic acids is 2. The van der Waals surface area contributed by atoms with Crippen molar-refractivity contribution in [2.75, 3.05) is 12.4 Å². The number of amides is 1. The molecule has 3 rings (SSSR count). The van der Waals surface area contributed by atoms with E-state index in [1.165, 1.54) is 6.92 Å². The third-order valence-corrected chi connectivity index (χ3v) is 3.92. The first kappa shape index (κ1) is 17.4. The van der Waals surface area contributed by atoms with Gasteiger partial charge in [0.25, 0.3) is 5.91 Å². The van der Waals surface area contributed by atoms with Crippen LogP contribution < -0.4 is 10.1 Å². The number of ether oxygens (including phenoxy) is 1. The maximum Gasteiger partial charge on any atom is 0.255 e. The lowest BCUT2D eigenvalue weighted by Crippen LogP contribution is -2.12. The molecule has 1 N–H and O–H groups in total. The van der Waals surface area contributed by atoms with E-state index in [0.29, 0.717) is 28.3 Å². The van der Waals surface area contributed by atoms with Crippen molar-refractivity contribution in [1.29, 1.82) is 0 Å². The number of hydrogen-bond acceptors (Lipinski definition) is 4. The zero-order chi connectivity index (χ0) is 18.5. The molecule has 0 aliphatic carbocycles. The van der Waals surface area contributed by atoms with Crippen molar-refractivity contribution >= 4 is 17.4 Å². The molecule has 1 aromatic heterocycles. The fourth-order valence-electron chi connectivity index (χ4n) is 2.60. The summed E-state index contributed by atoms with van der Waals surface area (Å²) in [5.41, 5.74) is 3.07. The second-order valence-corrected chi connectivity index (χ2v) is 5.73. The highest BCUT2D eigenvalue weighted by atomic mass is 16.5. The molecule has 1 heterocycles. The van der Waals surface area contributed by atoms with Gasteiger partial charge < -0.3 is 10.1 Å². The summed E-state index contributed by atoms with van der Waals surface area (Å²) >= 11 is 0. The minimum Gasteiger partial charge on any atom is -0.494 e. The summed E-state index contributed by atoms with van der Waals surface area (Å²) in [5.74, 6) is 0.326. The van der Waals surface area contributed by atoms with Crippen LogP contribution in [0.5, 0.6) is 5.75 Å². The normalized spacial score (nSPS) is 10.2. The molecule has 0 unspecified atom stereocenters. The van der Waals surface area contributed by atoms with Crippen molar-refractivity contribution in [3.05, 3.63) is 78.0 Å². The smallest absolute Gasteiger partial charge is 0.255 e. The van der Waals surface area contributed by atoms with Crippen molar-refractivity contribution in [2.45, 2.75) is 6.92 Å². The van der Waals surface area contributed by atoms with Crippen LogP contribution in [0.4, 0.5) is 5.69 Å². The number of nitrogens with one attached hydrogen (secondary N) is 1. The van der Waals surface area contributed by atoms with Crippen LogP contribution in [0.2, 0.25) is 0 Å². The highest BCUT2D eigenvalue weighted by Crippen LogP contribution is 2.27. The molecule has 0 spiro atoms. The molecule has 5 heteroatoms. The summed E-state index contributed by atoms with van der Waals surface area (Å²) in [5, 5.41) is 2.82. The molecule has 0 fully saturated rings. The van der Waals surface area contributed by atoms with E-state index in [9.17, 15) is 9.59 Å². The number of pyridine rings is 1. The number of nitrogens with zero attached hydrogens (tertiary/aromatic N) is 1. The van der Waals surface area contributed by atoms with E-state index in [4.69, 9.17) is 4.74 Å². The van der Waals surface area contributed by atoms with Gasteiger partial charge in [-0.1, -0.05) is 24.3 Å². The van der Waals surface area contributed by atoms with Crippen molar-refractivity contribution in [3.8, 4) is 17.0 Å². The fourth-order valence-corrected chi connectivity index (χ4v) is 2.60. The van der Waals surface area contributed by atoms with Gasteiger partial charge in [0.2, 0.25) is 0 Å². The Hall–Kier alpha value is -3.47. The Labute approximate surface area is 151 Å². The van der Waals surface area contributed by atoms with E-state index in [1.54, 1.807) is 61.8 Å². The molecule has 130 valence electrons. The van der Waals surface area contributed by atoms with E-state index < -0.39 is 0 Å². The SMILES string of the molecule is COc1cccnc1-c1cccc(C(=O)Nc2cccc(C(C)=O)c2)c1. The predicted octanol–water partition coefficient (Wildman–Crippen LogP) is 4.21. The van der Waals surface area contributed by atoms with Gasteiger partial charge in [-0.15, -0.1) is 0 Å². The van der Waals surface area contributed by atoms with Gasteiger partial charge >= 0.3 is 0 Å². The molecule has 0 saturated heterocycles. The Morgan fingerprint density at radius 2 is 1.73 bits per heavy atom. The Bertz CT molecular complexity index is 967. The van der Waals surface area contributed by atoms with E-state index in [-0.39, 0.29) is 11.7 Å². The summed E-state index contributed by atoms with van der Waals surface area (Å²) in [6, 6.07) is 17.6. The van der Waals surface area contributed by atoms with Crippen LogP contribution in [0.1, 0.15) is 27.6 Å². The standard InChI is InChI=1S/C21H18N2O3/c1-14(24)15-6-4-9-18(13-15)23-21(25)17-8-3-7-16(12-17)20-19(26-2)10-5-11-22-20/h3-13H,1-2H3,(H,23,25). The number of aromatic nitrogens is 1. The summed E-state index contributed by atoms with van der Waals surface area (Å²) in [6.45, 7) is 1.49. The number of hydrogen-bond donors (Lipinski definition) is 1. The van der Waals surface area contributed by atoms with Gasteiger partial charge in [0.1, 0.15) is 11.4 Å². The molecule has 26 heavy (non-hydrogen) atoms.